The number of carbonyl (C=O) groups is 1. The van der Waals surface area contributed by atoms with E-state index in [9.17, 15) is 4.79 Å². The summed E-state index contributed by atoms with van der Waals surface area (Å²) in [5.41, 5.74) is -0.158. The second-order valence-corrected chi connectivity index (χ2v) is 6.04. The van der Waals surface area contributed by atoms with Gasteiger partial charge in [0.15, 0.2) is 0 Å². The molecule has 17 heavy (non-hydrogen) atoms. The topological polar surface area (TPSA) is 44.4 Å². The lowest BCUT2D eigenvalue weighted by Crippen LogP contribution is -2.48. The highest BCUT2D eigenvalue weighted by atomic mass is 16.2. The summed E-state index contributed by atoms with van der Waals surface area (Å²) in [5, 5.41) is 6.48. The Kier molecular flexibility index (Phi) is 5.25. The molecule has 4 heteroatoms. The SMILES string of the molecule is CN(CCC1CCCCN1)C(=O)NC(C)(C)C. The molecule has 1 rings (SSSR count). The molecule has 1 fully saturated rings. The second kappa shape index (κ2) is 6.24. The Hall–Kier alpha value is -0.770. The van der Waals surface area contributed by atoms with Crippen molar-refractivity contribution in [3.05, 3.63) is 0 Å². The third-order valence-corrected chi connectivity index (χ3v) is 3.05. The molecule has 1 atom stereocenters. The molecule has 1 saturated heterocycles. The number of carbonyl (C=O) groups excluding carboxylic acids is 1. The molecule has 1 heterocycles. The fourth-order valence-corrected chi connectivity index (χ4v) is 2.04. The van der Waals surface area contributed by atoms with Crippen LogP contribution in [-0.2, 0) is 0 Å². The fourth-order valence-electron chi connectivity index (χ4n) is 2.04. The van der Waals surface area contributed by atoms with E-state index in [4.69, 9.17) is 0 Å². The Morgan fingerprint density at radius 1 is 1.41 bits per heavy atom. The van der Waals surface area contributed by atoms with Crippen molar-refractivity contribution >= 4 is 6.03 Å². The van der Waals surface area contributed by atoms with Crippen LogP contribution in [0.1, 0.15) is 46.5 Å². The molecule has 0 aliphatic carbocycles. The number of rotatable bonds is 3. The zero-order chi connectivity index (χ0) is 12.9. The van der Waals surface area contributed by atoms with Gasteiger partial charge in [0.25, 0.3) is 0 Å². The van der Waals surface area contributed by atoms with Gasteiger partial charge in [-0.05, 0) is 46.6 Å². The Labute approximate surface area is 105 Å². The smallest absolute Gasteiger partial charge is 0.317 e. The van der Waals surface area contributed by atoms with Crippen molar-refractivity contribution in [3.8, 4) is 0 Å². The van der Waals surface area contributed by atoms with Crippen LogP contribution in [-0.4, -0.2) is 42.6 Å². The second-order valence-electron chi connectivity index (χ2n) is 6.04. The molecule has 0 saturated carbocycles. The lowest BCUT2D eigenvalue weighted by Gasteiger charge is -2.28. The van der Waals surface area contributed by atoms with Crippen LogP contribution in [0.3, 0.4) is 0 Å². The number of nitrogens with zero attached hydrogens (tertiary/aromatic N) is 1. The maximum absolute atomic E-state index is 11.8. The van der Waals surface area contributed by atoms with Gasteiger partial charge in [0.1, 0.15) is 0 Å². The van der Waals surface area contributed by atoms with E-state index in [0.717, 1.165) is 19.5 Å². The molecule has 2 N–H and O–H groups in total. The molecule has 0 bridgehead atoms. The van der Waals surface area contributed by atoms with Gasteiger partial charge >= 0.3 is 6.03 Å². The van der Waals surface area contributed by atoms with Gasteiger partial charge in [-0.2, -0.15) is 0 Å². The number of hydrogen-bond acceptors (Lipinski definition) is 2. The van der Waals surface area contributed by atoms with E-state index in [1.54, 1.807) is 4.90 Å². The number of urea groups is 1. The minimum atomic E-state index is -0.158. The number of piperidine rings is 1. The number of nitrogens with one attached hydrogen (secondary N) is 2. The van der Waals surface area contributed by atoms with Crippen LogP contribution in [0, 0.1) is 0 Å². The first-order valence-corrected chi connectivity index (χ1v) is 6.65. The maximum Gasteiger partial charge on any atom is 0.317 e. The zero-order valence-corrected chi connectivity index (χ0v) is 11.7. The molecule has 1 aliphatic rings. The summed E-state index contributed by atoms with van der Waals surface area (Å²) in [5.74, 6) is 0. The van der Waals surface area contributed by atoms with Gasteiger partial charge in [0, 0.05) is 25.2 Å². The van der Waals surface area contributed by atoms with Crippen molar-refractivity contribution in [2.24, 2.45) is 0 Å². The summed E-state index contributed by atoms with van der Waals surface area (Å²) in [7, 11) is 1.86. The minimum Gasteiger partial charge on any atom is -0.333 e. The minimum absolute atomic E-state index is 0.0216. The zero-order valence-electron chi connectivity index (χ0n) is 11.7. The Morgan fingerprint density at radius 2 is 2.12 bits per heavy atom. The van der Waals surface area contributed by atoms with Crippen molar-refractivity contribution in [2.45, 2.75) is 58.0 Å². The fraction of sp³-hybridized carbons (Fsp3) is 0.923. The monoisotopic (exact) mass is 241 g/mol. The van der Waals surface area contributed by atoms with E-state index in [-0.39, 0.29) is 11.6 Å². The molecule has 0 aromatic rings. The summed E-state index contributed by atoms with van der Waals surface area (Å²) in [6.45, 7) is 7.95. The molecular formula is C13H27N3O. The first kappa shape index (κ1) is 14.3. The predicted octanol–water partition coefficient (Wildman–Crippen LogP) is 1.96. The quantitative estimate of drug-likeness (QED) is 0.793. The van der Waals surface area contributed by atoms with Crippen molar-refractivity contribution in [2.75, 3.05) is 20.1 Å². The molecule has 2 amide bonds. The van der Waals surface area contributed by atoms with Gasteiger partial charge in [0.05, 0.1) is 0 Å². The Balaban J connectivity index is 2.23. The molecule has 100 valence electrons. The van der Waals surface area contributed by atoms with E-state index >= 15 is 0 Å². The molecule has 0 aromatic carbocycles. The van der Waals surface area contributed by atoms with Crippen LogP contribution >= 0.6 is 0 Å². The van der Waals surface area contributed by atoms with E-state index in [2.05, 4.69) is 10.6 Å². The van der Waals surface area contributed by atoms with Crippen LogP contribution in [0.2, 0.25) is 0 Å². The Bertz CT molecular complexity index is 242. The summed E-state index contributed by atoms with van der Waals surface area (Å²) < 4.78 is 0. The van der Waals surface area contributed by atoms with Gasteiger partial charge in [0.2, 0.25) is 0 Å². The Morgan fingerprint density at radius 3 is 2.65 bits per heavy atom. The van der Waals surface area contributed by atoms with Crippen LogP contribution in [0.5, 0.6) is 0 Å². The standard InChI is InChI=1S/C13H27N3O/c1-13(2,3)15-12(17)16(4)10-8-11-7-5-6-9-14-11/h11,14H,5-10H2,1-4H3,(H,15,17). The first-order valence-electron chi connectivity index (χ1n) is 6.65. The van der Waals surface area contributed by atoms with Crippen molar-refractivity contribution in [3.63, 3.8) is 0 Å². The van der Waals surface area contributed by atoms with Gasteiger partial charge in [-0.1, -0.05) is 6.42 Å². The highest BCUT2D eigenvalue weighted by Crippen LogP contribution is 2.10. The summed E-state index contributed by atoms with van der Waals surface area (Å²) >= 11 is 0. The summed E-state index contributed by atoms with van der Waals surface area (Å²) in [6.07, 6.45) is 4.90. The predicted molar refractivity (Wildman–Crippen MR) is 71.2 cm³/mol. The molecule has 1 aliphatic heterocycles. The van der Waals surface area contributed by atoms with Gasteiger partial charge in [-0.25, -0.2) is 4.79 Å². The van der Waals surface area contributed by atoms with Gasteiger partial charge < -0.3 is 15.5 Å². The molecule has 0 radical (unpaired) electrons. The normalized spacial score (nSPS) is 21.1. The lowest BCUT2D eigenvalue weighted by molar-refractivity contribution is 0.196. The van der Waals surface area contributed by atoms with Crippen LogP contribution in [0.25, 0.3) is 0 Å². The molecule has 0 spiro atoms. The van der Waals surface area contributed by atoms with Gasteiger partial charge in [-0.3, -0.25) is 0 Å². The van der Waals surface area contributed by atoms with Crippen molar-refractivity contribution in [1.29, 1.82) is 0 Å². The molecule has 1 unspecified atom stereocenters. The summed E-state index contributed by atoms with van der Waals surface area (Å²) in [4.78, 5) is 13.6. The average molecular weight is 241 g/mol. The van der Waals surface area contributed by atoms with E-state index in [1.165, 1.54) is 19.3 Å². The van der Waals surface area contributed by atoms with Crippen molar-refractivity contribution < 1.29 is 4.79 Å². The third kappa shape index (κ3) is 5.91. The summed E-state index contributed by atoms with van der Waals surface area (Å²) in [6, 6.07) is 0.613. The molecular weight excluding hydrogens is 214 g/mol. The largest absolute Gasteiger partial charge is 0.333 e. The third-order valence-electron chi connectivity index (χ3n) is 3.05. The van der Waals surface area contributed by atoms with Crippen LogP contribution in [0.4, 0.5) is 4.79 Å². The van der Waals surface area contributed by atoms with Crippen molar-refractivity contribution in [1.82, 2.24) is 15.5 Å². The molecule has 0 aromatic heterocycles. The first-order chi connectivity index (χ1) is 7.88. The average Bonchev–Trinajstić information content (AvgIpc) is 2.25. The van der Waals surface area contributed by atoms with E-state index in [0.29, 0.717) is 6.04 Å². The van der Waals surface area contributed by atoms with Crippen LogP contribution in [0.15, 0.2) is 0 Å². The lowest BCUT2D eigenvalue weighted by atomic mass is 10.0. The highest BCUT2D eigenvalue weighted by molar-refractivity contribution is 5.74. The number of amides is 2. The molecule has 4 nitrogen and oxygen atoms in total. The maximum atomic E-state index is 11.8. The van der Waals surface area contributed by atoms with Crippen LogP contribution < -0.4 is 10.6 Å². The van der Waals surface area contributed by atoms with E-state index in [1.807, 2.05) is 27.8 Å². The van der Waals surface area contributed by atoms with Gasteiger partial charge in [-0.15, -0.1) is 0 Å². The highest BCUT2D eigenvalue weighted by Gasteiger charge is 2.18. The van der Waals surface area contributed by atoms with E-state index < -0.39 is 0 Å². The number of hydrogen-bond donors (Lipinski definition) is 2.